The predicted octanol–water partition coefficient (Wildman–Crippen LogP) is 2.66. The van der Waals surface area contributed by atoms with Crippen molar-refractivity contribution in [2.75, 3.05) is 12.8 Å². The molecule has 0 unspecified atom stereocenters. The molecule has 5 nitrogen and oxygen atoms in total. The van der Waals surface area contributed by atoms with Gasteiger partial charge in [-0.15, -0.1) is 0 Å². The van der Waals surface area contributed by atoms with Crippen LogP contribution in [0, 0.1) is 6.92 Å². The van der Waals surface area contributed by atoms with Crippen LogP contribution in [-0.2, 0) is 0 Å². The molecule has 2 rings (SSSR count). The van der Waals surface area contributed by atoms with Gasteiger partial charge < -0.3 is 15.0 Å². The zero-order valence-corrected chi connectivity index (χ0v) is 10.5. The molecule has 0 fully saturated rings. The van der Waals surface area contributed by atoms with Crippen LogP contribution in [0.3, 0.4) is 0 Å². The number of methoxy groups -OCH3 is 1. The summed E-state index contributed by atoms with van der Waals surface area (Å²) in [7, 11) is 1.57. The van der Waals surface area contributed by atoms with E-state index < -0.39 is 0 Å². The lowest BCUT2D eigenvalue weighted by atomic mass is 10.2. The molecule has 2 aromatic rings. The van der Waals surface area contributed by atoms with Crippen molar-refractivity contribution in [1.82, 2.24) is 10.1 Å². The van der Waals surface area contributed by atoms with E-state index >= 15 is 0 Å². The number of rotatable bonds is 2. The number of aromatic nitrogens is 2. The maximum Gasteiger partial charge on any atom is 0.257 e. The molecule has 1 aromatic heterocycles. The summed E-state index contributed by atoms with van der Waals surface area (Å²) in [5, 5.41) is 3.71. The number of anilines is 1. The monoisotopic (exact) mass is 235 g/mol. The highest BCUT2D eigenvalue weighted by molar-refractivity contribution is 5.65. The number of hydrogen-bond donors (Lipinski definition) is 1. The van der Waals surface area contributed by atoms with Gasteiger partial charge in [-0.1, -0.05) is 19.0 Å². The van der Waals surface area contributed by atoms with Gasteiger partial charge in [-0.3, -0.25) is 0 Å². The summed E-state index contributed by atoms with van der Waals surface area (Å²) < 4.78 is 10.1. The van der Waals surface area contributed by atoms with Gasteiger partial charge in [0.25, 0.3) is 5.89 Å². The molecule has 0 atom stereocenters. The first-order valence-electron chi connectivity index (χ1n) is 5.45. The summed E-state index contributed by atoms with van der Waals surface area (Å²) in [5.74, 6) is 1.69. The third-order valence-corrected chi connectivity index (χ3v) is 2.00. The van der Waals surface area contributed by atoms with Crippen LogP contribution in [-0.4, -0.2) is 17.3 Å². The Bertz CT molecular complexity index is 480. The largest absolute Gasteiger partial charge is 0.495 e. The number of nitrogens with zero attached hydrogens (tertiary/aromatic N) is 2. The van der Waals surface area contributed by atoms with Crippen LogP contribution in [0.4, 0.5) is 5.69 Å². The number of nitrogens with two attached hydrogens (primary N) is 1. The molecule has 1 heterocycles. The standard InChI is InChI=1S/C10H11N3O2.C2H6/c1-6-12-10(15-13-6)7-3-4-9(14-2)8(11)5-7;1-2/h3-5H,11H2,1-2H3;1-2H3. The molecule has 0 saturated carbocycles. The van der Waals surface area contributed by atoms with E-state index in [1.54, 1.807) is 26.2 Å². The van der Waals surface area contributed by atoms with Crippen molar-refractivity contribution in [3.8, 4) is 17.2 Å². The molecule has 0 bridgehead atoms. The second-order valence-corrected chi connectivity index (χ2v) is 3.10. The molecule has 17 heavy (non-hydrogen) atoms. The fourth-order valence-electron chi connectivity index (χ4n) is 1.28. The fraction of sp³-hybridized carbons (Fsp3) is 0.333. The Morgan fingerprint density at radius 3 is 2.47 bits per heavy atom. The van der Waals surface area contributed by atoms with Crippen molar-refractivity contribution in [2.24, 2.45) is 0 Å². The SMILES string of the molecule is CC.COc1ccc(-c2nc(C)no2)cc1N. The summed E-state index contributed by atoms with van der Waals surface area (Å²) in [4.78, 5) is 4.10. The highest BCUT2D eigenvalue weighted by Crippen LogP contribution is 2.27. The second-order valence-electron chi connectivity index (χ2n) is 3.10. The Hall–Kier alpha value is -2.04. The van der Waals surface area contributed by atoms with E-state index in [4.69, 9.17) is 15.0 Å². The number of hydrogen-bond acceptors (Lipinski definition) is 5. The van der Waals surface area contributed by atoms with Crippen molar-refractivity contribution in [1.29, 1.82) is 0 Å². The first-order valence-corrected chi connectivity index (χ1v) is 5.45. The molecular formula is C12H17N3O2. The Labute approximate surface area is 101 Å². The number of aryl methyl sites for hydroxylation is 1. The third-order valence-electron chi connectivity index (χ3n) is 2.00. The van der Waals surface area contributed by atoms with Gasteiger partial charge in [0.2, 0.25) is 0 Å². The summed E-state index contributed by atoms with van der Waals surface area (Å²) in [6.07, 6.45) is 0. The van der Waals surface area contributed by atoms with Crippen LogP contribution in [0.1, 0.15) is 19.7 Å². The smallest absolute Gasteiger partial charge is 0.257 e. The van der Waals surface area contributed by atoms with Gasteiger partial charge in [0, 0.05) is 5.56 Å². The van der Waals surface area contributed by atoms with Gasteiger partial charge in [-0.05, 0) is 25.1 Å². The highest BCUT2D eigenvalue weighted by Gasteiger charge is 2.08. The van der Waals surface area contributed by atoms with E-state index in [-0.39, 0.29) is 0 Å². The normalized spacial score (nSPS) is 9.41. The van der Waals surface area contributed by atoms with Gasteiger partial charge in [0.15, 0.2) is 5.82 Å². The highest BCUT2D eigenvalue weighted by atomic mass is 16.5. The van der Waals surface area contributed by atoms with E-state index in [1.165, 1.54) is 0 Å². The zero-order chi connectivity index (χ0) is 12.8. The van der Waals surface area contributed by atoms with Crippen molar-refractivity contribution < 1.29 is 9.26 Å². The second kappa shape index (κ2) is 5.89. The van der Waals surface area contributed by atoms with E-state index in [0.717, 1.165) is 5.56 Å². The molecule has 0 aliphatic heterocycles. The lowest BCUT2D eigenvalue weighted by molar-refractivity contribution is 0.416. The van der Waals surface area contributed by atoms with Gasteiger partial charge in [-0.25, -0.2) is 0 Å². The minimum Gasteiger partial charge on any atom is -0.495 e. The minimum atomic E-state index is 0.460. The Morgan fingerprint density at radius 1 is 1.29 bits per heavy atom. The summed E-state index contributed by atoms with van der Waals surface area (Å²) >= 11 is 0. The molecule has 0 aliphatic carbocycles. The Balaban J connectivity index is 0.000000686. The van der Waals surface area contributed by atoms with Gasteiger partial charge in [-0.2, -0.15) is 4.98 Å². The average molecular weight is 235 g/mol. The van der Waals surface area contributed by atoms with E-state index in [1.807, 2.05) is 19.9 Å². The summed E-state index contributed by atoms with van der Waals surface area (Å²) in [6, 6.07) is 5.33. The van der Waals surface area contributed by atoms with Crippen LogP contribution < -0.4 is 10.5 Å². The Kier molecular flexibility index (Phi) is 4.51. The van der Waals surface area contributed by atoms with E-state index in [9.17, 15) is 0 Å². The molecule has 5 heteroatoms. The maximum atomic E-state index is 5.76. The topological polar surface area (TPSA) is 74.2 Å². The lowest BCUT2D eigenvalue weighted by Crippen LogP contribution is -1.92. The van der Waals surface area contributed by atoms with Gasteiger partial charge in [0.05, 0.1) is 12.8 Å². The van der Waals surface area contributed by atoms with Crippen LogP contribution in [0.2, 0.25) is 0 Å². The van der Waals surface area contributed by atoms with Gasteiger partial charge >= 0.3 is 0 Å². The molecular weight excluding hydrogens is 218 g/mol. The molecule has 0 radical (unpaired) electrons. The van der Waals surface area contributed by atoms with Crippen molar-refractivity contribution in [3.05, 3.63) is 24.0 Å². The van der Waals surface area contributed by atoms with Crippen molar-refractivity contribution in [2.45, 2.75) is 20.8 Å². The molecule has 0 aliphatic rings. The average Bonchev–Trinajstić information content (AvgIpc) is 2.78. The first-order chi connectivity index (χ1) is 8.20. The number of benzene rings is 1. The van der Waals surface area contributed by atoms with E-state index in [0.29, 0.717) is 23.2 Å². The molecule has 1 aromatic carbocycles. The zero-order valence-electron chi connectivity index (χ0n) is 10.5. The molecule has 2 N–H and O–H groups in total. The minimum absolute atomic E-state index is 0.460. The van der Waals surface area contributed by atoms with Crippen LogP contribution in [0.25, 0.3) is 11.5 Å². The lowest BCUT2D eigenvalue weighted by Gasteiger charge is -2.04. The molecule has 0 spiro atoms. The number of ether oxygens (including phenoxy) is 1. The maximum absolute atomic E-state index is 5.76. The quantitative estimate of drug-likeness (QED) is 0.810. The Morgan fingerprint density at radius 2 is 2.00 bits per heavy atom. The molecule has 0 amide bonds. The van der Waals surface area contributed by atoms with Crippen LogP contribution in [0.15, 0.2) is 22.7 Å². The summed E-state index contributed by atoms with van der Waals surface area (Å²) in [6.45, 7) is 5.76. The van der Waals surface area contributed by atoms with E-state index in [2.05, 4.69) is 10.1 Å². The predicted molar refractivity (Wildman–Crippen MR) is 66.8 cm³/mol. The summed E-state index contributed by atoms with van der Waals surface area (Å²) in [5.41, 5.74) is 7.09. The fourth-order valence-corrected chi connectivity index (χ4v) is 1.28. The van der Waals surface area contributed by atoms with Crippen molar-refractivity contribution >= 4 is 5.69 Å². The van der Waals surface area contributed by atoms with Crippen LogP contribution >= 0.6 is 0 Å². The molecule has 92 valence electrons. The number of nitrogen functional groups attached to an aromatic ring is 1. The van der Waals surface area contributed by atoms with Crippen LogP contribution in [0.5, 0.6) is 5.75 Å². The third kappa shape index (κ3) is 2.96. The molecule has 0 saturated heterocycles. The van der Waals surface area contributed by atoms with Crippen molar-refractivity contribution in [3.63, 3.8) is 0 Å². The first kappa shape index (κ1) is 13.0. The van der Waals surface area contributed by atoms with Gasteiger partial charge in [0.1, 0.15) is 5.75 Å².